The van der Waals surface area contributed by atoms with Crippen LogP contribution in [0.2, 0.25) is 0 Å². The van der Waals surface area contributed by atoms with E-state index in [1.54, 1.807) is 0 Å². The minimum atomic E-state index is -1.67. The van der Waals surface area contributed by atoms with E-state index >= 15 is 0 Å². The number of anilines is 1. The zero-order valence-corrected chi connectivity index (χ0v) is 8.21. The number of benzene rings is 1. The Morgan fingerprint density at radius 1 is 1.38 bits per heavy atom. The second-order valence-electron chi connectivity index (χ2n) is 3.16. The average Bonchev–Trinajstić information content (AvgIpc) is 2.26. The number of hydrogen-bond donors (Lipinski definition) is 3. The summed E-state index contributed by atoms with van der Waals surface area (Å²) in [5.41, 5.74) is 4.93. The predicted molar refractivity (Wildman–Crippen MR) is 52.6 cm³/mol. The highest BCUT2D eigenvalue weighted by molar-refractivity contribution is 6.07. The fourth-order valence-electron chi connectivity index (χ4n) is 1.21. The standard InChI is InChI=1S/C10H11NO5/c11-5-1-2-6(10(15)16)7(3-5)9(14)8(13)4-12/h1-3,8,12-13H,4,11H2,(H,15,16)/p-1. The number of aromatic carboxylic acids is 1. The number of aliphatic hydroxyl groups is 2. The van der Waals surface area contributed by atoms with E-state index < -0.39 is 24.5 Å². The summed E-state index contributed by atoms with van der Waals surface area (Å²) in [7, 11) is 0. The summed E-state index contributed by atoms with van der Waals surface area (Å²) in [6.07, 6.45) is -1.67. The van der Waals surface area contributed by atoms with Gasteiger partial charge in [0.05, 0.1) is 12.6 Å². The van der Waals surface area contributed by atoms with Gasteiger partial charge in [-0.1, -0.05) is 6.07 Å². The van der Waals surface area contributed by atoms with E-state index in [0.29, 0.717) is 0 Å². The monoisotopic (exact) mass is 224 g/mol. The van der Waals surface area contributed by atoms with Crippen LogP contribution in [0.1, 0.15) is 20.7 Å². The normalized spacial score (nSPS) is 12.1. The van der Waals surface area contributed by atoms with E-state index in [0.717, 1.165) is 12.1 Å². The Kier molecular flexibility index (Phi) is 3.60. The van der Waals surface area contributed by atoms with Crippen LogP contribution < -0.4 is 10.8 Å². The summed E-state index contributed by atoms with van der Waals surface area (Å²) >= 11 is 0. The van der Waals surface area contributed by atoms with E-state index in [4.69, 9.17) is 15.9 Å². The molecule has 6 nitrogen and oxygen atoms in total. The molecule has 0 fully saturated rings. The molecular formula is C10H10NO5-. The Morgan fingerprint density at radius 3 is 2.50 bits per heavy atom. The van der Waals surface area contributed by atoms with Crippen LogP contribution in [0.3, 0.4) is 0 Å². The largest absolute Gasteiger partial charge is 0.545 e. The molecule has 1 atom stereocenters. The maximum absolute atomic E-state index is 11.5. The van der Waals surface area contributed by atoms with Crippen LogP contribution >= 0.6 is 0 Å². The van der Waals surface area contributed by atoms with Crippen molar-refractivity contribution in [3.05, 3.63) is 29.3 Å². The van der Waals surface area contributed by atoms with E-state index in [1.807, 2.05) is 0 Å². The number of carbonyl (C=O) groups excluding carboxylic acids is 2. The summed E-state index contributed by atoms with van der Waals surface area (Å²) in [6.45, 7) is -0.792. The van der Waals surface area contributed by atoms with Gasteiger partial charge >= 0.3 is 0 Å². The van der Waals surface area contributed by atoms with E-state index in [9.17, 15) is 14.7 Å². The third-order valence-electron chi connectivity index (χ3n) is 2.00. The number of Topliss-reactive ketones (excluding diaryl/α,β-unsaturated/α-hetero) is 1. The SMILES string of the molecule is Nc1ccc(C(=O)[O-])c(C(=O)C(O)CO)c1. The Morgan fingerprint density at radius 2 is 2.00 bits per heavy atom. The molecule has 1 aromatic rings. The highest BCUT2D eigenvalue weighted by Crippen LogP contribution is 2.15. The van der Waals surface area contributed by atoms with Crippen molar-refractivity contribution < 1.29 is 24.9 Å². The molecule has 0 radical (unpaired) electrons. The molecule has 0 aliphatic heterocycles. The van der Waals surface area contributed by atoms with Gasteiger partial charge in [-0.05, 0) is 12.1 Å². The lowest BCUT2D eigenvalue weighted by molar-refractivity contribution is -0.255. The van der Waals surface area contributed by atoms with Gasteiger partial charge in [-0.25, -0.2) is 0 Å². The maximum atomic E-state index is 11.5. The number of hydrogen-bond acceptors (Lipinski definition) is 6. The van der Waals surface area contributed by atoms with Gasteiger partial charge in [0, 0.05) is 16.8 Å². The molecule has 0 aliphatic carbocycles. The summed E-state index contributed by atoms with van der Waals surface area (Å²) in [5, 5.41) is 28.4. The minimum absolute atomic E-state index is 0.179. The first-order valence-electron chi connectivity index (χ1n) is 4.41. The van der Waals surface area contributed by atoms with Crippen LogP contribution in [0.15, 0.2) is 18.2 Å². The molecule has 0 saturated heterocycles. The van der Waals surface area contributed by atoms with E-state index in [1.165, 1.54) is 6.07 Å². The van der Waals surface area contributed by atoms with Crippen LogP contribution in [-0.2, 0) is 0 Å². The van der Waals surface area contributed by atoms with Crippen molar-refractivity contribution in [2.75, 3.05) is 12.3 Å². The van der Waals surface area contributed by atoms with Crippen molar-refractivity contribution in [2.24, 2.45) is 0 Å². The van der Waals surface area contributed by atoms with Gasteiger partial charge in [0.1, 0.15) is 6.10 Å². The molecule has 0 amide bonds. The van der Waals surface area contributed by atoms with Crippen molar-refractivity contribution in [1.29, 1.82) is 0 Å². The number of nitrogen functional groups attached to an aromatic ring is 1. The molecule has 0 saturated carbocycles. The third kappa shape index (κ3) is 2.36. The second kappa shape index (κ2) is 4.73. The summed E-state index contributed by atoms with van der Waals surface area (Å²) < 4.78 is 0. The maximum Gasteiger partial charge on any atom is 0.194 e. The Labute approximate surface area is 90.9 Å². The zero-order valence-electron chi connectivity index (χ0n) is 8.21. The lowest BCUT2D eigenvalue weighted by atomic mass is 9.99. The molecule has 0 bridgehead atoms. The smallest absolute Gasteiger partial charge is 0.194 e. The molecule has 0 spiro atoms. The number of nitrogens with two attached hydrogens (primary N) is 1. The lowest BCUT2D eigenvalue weighted by Gasteiger charge is -2.12. The fourth-order valence-corrected chi connectivity index (χ4v) is 1.21. The van der Waals surface area contributed by atoms with Crippen molar-refractivity contribution in [3.8, 4) is 0 Å². The number of ketones is 1. The second-order valence-corrected chi connectivity index (χ2v) is 3.16. The van der Waals surface area contributed by atoms with Gasteiger partial charge in [-0.3, -0.25) is 4.79 Å². The first kappa shape index (κ1) is 12.2. The van der Waals surface area contributed by atoms with Crippen molar-refractivity contribution in [1.82, 2.24) is 0 Å². The molecule has 86 valence electrons. The Bertz CT molecular complexity index is 429. The fraction of sp³-hybridized carbons (Fsp3) is 0.200. The van der Waals surface area contributed by atoms with Gasteiger partial charge in [-0.2, -0.15) is 0 Å². The first-order chi connectivity index (χ1) is 7.47. The Hall–Kier alpha value is -1.92. The van der Waals surface area contributed by atoms with Crippen molar-refractivity contribution in [3.63, 3.8) is 0 Å². The molecule has 1 rings (SSSR count). The van der Waals surface area contributed by atoms with Gasteiger partial charge in [0.2, 0.25) is 0 Å². The predicted octanol–water partition coefficient (Wildman–Crippen LogP) is -1.83. The molecule has 16 heavy (non-hydrogen) atoms. The number of carboxylic acid groups (broad SMARTS) is 1. The number of aliphatic hydroxyl groups excluding tert-OH is 2. The van der Waals surface area contributed by atoms with Crippen LogP contribution in [0, 0.1) is 0 Å². The molecule has 6 heteroatoms. The first-order valence-corrected chi connectivity index (χ1v) is 4.41. The van der Waals surface area contributed by atoms with E-state index in [2.05, 4.69) is 0 Å². The summed E-state index contributed by atoms with van der Waals surface area (Å²) in [5.74, 6) is -2.46. The number of carbonyl (C=O) groups is 2. The van der Waals surface area contributed by atoms with Crippen LogP contribution in [-0.4, -0.2) is 34.7 Å². The minimum Gasteiger partial charge on any atom is -0.545 e. The quantitative estimate of drug-likeness (QED) is 0.408. The molecular weight excluding hydrogens is 214 g/mol. The van der Waals surface area contributed by atoms with Gasteiger partial charge in [0.25, 0.3) is 0 Å². The van der Waals surface area contributed by atoms with Gasteiger partial charge < -0.3 is 25.8 Å². The highest BCUT2D eigenvalue weighted by Gasteiger charge is 2.19. The molecule has 0 aromatic heterocycles. The van der Waals surface area contributed by atoms with Crippen molar-refractivity contribution in [2.45, 2.75) is 6.10 Å². The van der Waals surface area contributed by atoms with Gasteiger partial charge in [0.15, 0.2) is 5.78 Å². The van der Waals surface area contributed by atoms with Gasteiger partial charge in [-0.15, -0.1) is 0 Å². The highest BCUT2D eigenvalue weighted by atomic mass is 16.4. The molecule has 0 heterocycles. The molecule has 0 aliphatic rings. The summed E-state index contributed by atoms with van der Waals surface area (Å²) in [4.78, 5) is 22.2. The third-order valence-corrected chi connectivity index (χ3v) is 2.00. The zero-order chi connectivity index (χ0) is 12.3. The number of rotatable bonds is 4. The average molecular weight is 224 g/mol. The number of carboxylic acids is 1. The van der Waals surface area contributed by atoms with Crippen LogP contribution in [0.4, 0.5) is 5.69 Å². The lowest BCUT2D eigenvalue weighted by Crippen LogP contribution is -2.30. The molecule has 4 N–H and O–H groups in total. The topological polar surface area (TPSA) is 124 Å². The van der Waals surface area contributed by atoms with Crippen LogP contribution in [0.5, 0.6) is 0 Å². The Balaban J connectivity index is 3.24. The molecule has 1 aromatic carbocycles. The van der Waals surface area contributed by atoms with E-state index in [-0.39, 0.29) is 16.8 Å². The van der Waals surface area contributed by atoms with Crippen molar-refractivity contribution >= 4 is 17.4 Å². The van der Waals surface area contributed by atoms with Crippen LogP contribution in [0.25, 0.3) is 0 Å². The molecule has 1 unspecified atom stereocenters. The summed E-state index contributed by atoms with van der Waals surface area (Å²) in [6, 6.07) is 3.53.